The normalized spacial score (nSPS) is 10.9. The topological polar surface area (TPSA) is 46.4 Å². The van der Waals surface area contributed by atoms with Crippen molar-refractivity contribution in [3.05, 3.63) is 73.7 Å². The Balaban J connectivity index is 1.88. The number of fused-ring (bicyclic) bond motifs is 1. The molecular weight excluding hydrogens is 366 g/mol. The molecule has 0 amide bonds. The largest absolute Gasteiger partial charge is 0.378 e. The van der Waals surface area contributed by atoms with Crippen LogP contribution in [0.3, 0.4) is 0 Å². The van der Waals surface area contributed by atoms with Crippen LogP contribution in [0.5, 0.6) is 0 Å². The molecule has 2 aromatic heterocycles. The van der Waals surface area contributed by atoms with Gasteiger partial charge in [-0.2, -0.15) is 0 Å². The van der Waals surface area contributed by atoms with Crippen molar-refractivity contribution in [1.82, 2.24) is 9.38 Å². The SMILES string of the molecule is Cc1ccc(NCc2cc(=O)n3cc(Cl)ccc3n2)c(Br)c1. The molecular formula is C16H13BrClN3O. The summed E-state index contributed by atoms with van der Waals surface area (Å²) in [5, 5.41) is 3.78. The van der Waals surface area contributed by atoms with Crippen molar-refractivity contribution in [2.75, 3.05) is 5.32 Å². The van der Waals surface area contributed by atoms with Crippen LogP contribution in [-0.2, 0) is 6.54 Å². The van der Waals surface area contributed by atoms with E-state index >= 15 is 0 Å². The van der Waals surface area contributed by atoms with Crippen LogP contribution in [0.4, 0.5) is 5.69 Å². The molecule has 0 bridgehead atoms. The average molecular weight is 379 g/mol. The number of nitrogens with one attached hydrogen (secondary N) is 1. The average Bonchev–Trinajstić information content (AvgIpc) is 2.47. The third kappa shape index (κ3) is 3.15. The Labute approximate surface area is 140 Å². The van der Waals surface area contributed by atoms with Gasteiger partial charge in [0.05, 0.1) is 17.3 Å². The van der Waals surface area contributed by atoms with Gasteiger partial charge in [-0.1, -0.05) is 17.7 Å². The Morgan fingerprint density at radius 3 is 2.86 bits per heavy atom. The van der Waals surface area contributed by atoms with Crippen molar-refractivity contribution in [1.29, 1.82) is 0 Å². The number of nitrogens with zero attached hydrogens (tertiary/aromatic N) is 2. The van der Waals surface area contributed by atoms with Crippen molar-refractivity contribution in [3.8, 4) is 0 Å². The fourth-order valence-corrected chi connectivity index (χ4v) is 2.96. The minimum atomic E-state index is -0.146. The molecule has 2 heterocycles. The molecule has 0 aliphatic heterocycles. The van der Waals surface area contributed by atoms with Gasteiger partial charge in [-0.05, 0) is 52.7 Å². The number of pyridine rings is 1. The van der Waals surface area contributed by atoms with Gasteiger partial charge in [0.2, 0.25) is 0 Å². The summed E-state index contributed by atoms with van der Waals surface area (Å²) in [4.78, 5) is 16.6. The van der Waals surface area contributed by atoms with Gasteiger partial charge in [0.25, 0.3) is 5.56 Å². The van der Waals surface area contributed by atoms with E-state index in [0.717, 1.165) is 10.2 Å². The lowest BCUT2D eigenvalue weighted by molar-refractivity contribution is 0.971. The fourth-order valence-electron chi connectivity index (χ4n) is 2.17. The highest BCUT2D eigenvalue weighted by Crippen LogP contribution is 2.23. The molecule has 112 valence electrons. The Morgan fingerprint density at radius 2 is 2.09 bits per heavy atom. The number of anilines is 1. The van der Waals surface area contributed by atoms with Gasteiger partial charge < -0.3 is 5.32 Å². The predicted octanol–water partition coefficient (Wildman–Crippen LogP) is 4.03. The van der Waals surface area contributed by atoms with Crippen LogP contribution >= 0.6 is 27.5 Å². The number of aryl methyl sites for hydroxylation is 1. The van der Waals surface area contributed by atoms with E-state index in [1.165, 1.54) is 16.0 Å². The summed E-state index contributed by atoms with van der Waals surface area (Å²) >= 11 is 9.42. The van der Waals surface area contributed by atoms with Gasteiger partial charge >= 0.3 is 0 Å². The molecule has 1 aromatic carbocycles. The molecule has 0 radical (unpaired) electrons. The van der Waals surface area contributed by atoms with E-state index in [1.807, 2.05) is 25.1 Å². The van der Waals surface area contributed by atoms with E-state index in [2.05, 4.69) is 26.2 Å². The standard InChI is InChI=1S/C16H13BrClN3O/c1-10-2-4-14(13(17)6-10)19-8-12-7-16(22)21-9-11(18)3-5-15(21)20-12/h2-7,9,19H,8H2,1H3. The van der Waals surface area contributed by atoms with E-state index < -0.39 is 0 Å². The Morgan fingerprint density at radius 1 is 1.27 bits per heavy atom. The second-order valence-electron chi connectivity index (χ2n) is 5.00. The number of benzene rings is 1. The summed E-state index contributed by atoms with van der Waals surface area (Å²) in [6, 6.07) is 11.0. The molecule has 0 fully saturated rings. The number of aromatic nitrogens is 2. The maximum atomic E-state index is 12.1. The van der Waals surface area contributed by atoms with Gasteiger partial charge in [-0.25, -0.2) is 4.98 Å². The second-order valence-corrected chi connectivity index (χ2v) is 6.29. The first-order chi connectivity index (χ1) is 10.5. The summed E-state index contributed by atoms with van der Waals surface area (Å²) < 4.78 is 2.42. The molecule has 0 aliphatic carbocycles. The summed E-state index contributed by atoms with van der Waals surface area (Å²) in [5.41, 5.74) is 3.25. The van der Waals surface area contributed by atoms with Gasteiger partial charge in [0.1, 0.15) is 5.65 Å². The fraction of sp³-hybridized carbons (Fsp3) is 0.125. The molecule has 0 unspecified atom stereocenters. The highest BCUT2D eigenvalue weighted by molar-refractivity contribution is 9.10. The molecule has 0 atom stereocenters. The Kier molecular flexibility index (Phi) is 4.18. The lowest BCUT2D eigenvalue weighted by Gasteiger charge is -2.09. The molecule has 3 rings (SSSR count). The third-order valence-electron chi connectivity index (χ3n) is 3.26. The summed E-state index contributed by atoms with van der Waals surface area (Å²) in [5.74, 6) is 0. The van der Waals surface area contributed by atoms with E-state index in [1.54, 1.807) is 18.3 Å². The zero-order chi connectivity index (χ0) is 15.7. The predicted molar refractivity (Wildman–Crippen MR) is 92.7 cm³/mol. The monoisotopic (exact) mass is 377 g/mol. The molecule has 0 saturated heterocycles. The van der Waals surface area contributed by atoms with Crippen molar-refractivity contribution in [2.24, 2.45) is 0 Å². The van der Waals surface area contributed by atoms with Crippen LogP contribution in [0.1, 0.15) is 11.3 Å². The number of hydrogen-bond donors (Lipinski definition) is 1. The number of hydrogen-bond acceptors (Lipinski definition) is 3. The zero-order valence-electron chi connectivity index (χ0n) is 11.8. The highest BCUT2D eigenvalue weighted by Gasteiger charge is 2.04. The van der Waals surface area contributed by atoms with Crippen molar-refractivity contribution < 1.29 is 0 Å². The van der Waals surface area contributed by atoms with E-state index in [-0.39, 0.29) is 5.56 Å². The number of halogens is 2. The quantitative estimate of drug-likeness (QED) is 0.748. The summed E-state index contributed by atoms with van der Waals surface area (Å²) in [6.45, 7) is 2.50. The lowest BCUT2D eigenvalue weighted by atomic mass is 10.2. The van der Waals surface area contributed by atoms with Crippen molar-refractivity contribution in [2.45, 2.75) is 13.5 Å². The number of rotatable bonds is 3. The highest BCUT2D eigenvalue weighted by atomic mass is 79.9. The van der Waals surface area contributed by atoms with E-state index in [9.17, 15) is 4.79 Å². The van der Waals surface area contributed by atoms with E-state index in [0.29, 0.717) is 22.9 Å². The first-order valence-electron chi connectivity index (χ1n) is 6.71. The maximum absolute atomic E-state index is 12.1. The smallest absolute Gasteiger partial charge is 0.258 e. The van der Waals surface area contributed by atoms with Gasteiger partial charge in [-0.3, -0.25) is 9.20 Å². The van der Waals surface area contributed by atoms with Crippen LogP contribution in [0.2, 0.25) is 5.02 Å². The maximum Gasteiger partial charge on any atom is 0.258 e. The first kappa shape index (κ1) is 15.1. The minimum Gasteiger partial charge on any atom is -0.378 e. The summed E-state index contributed by atoms with van der Waals surface area (Å²) in [6.07, 6.45) is 1.57. The zero-order valence-corrected chi connectivity index (χ0v) is 14.1. The summed E-state index contributed by atoms with van der Waals surface area (Å²) in [7, 11) is 0. The molecule has 4 nitrogen and oxygen atoms in total. The van der Waals surface area contributed by atoms with Crippen LogP contribution in [-0.4, -0.2) is 9.38 Å². The van der Waals surface area contributed by atoms with Crippen molar-refractivity contribution in [3.63, 3.8) is 0 Å². The first-order valence-corrected chi connectivity index (χ1v) is 7.88. The molecule has 0 saturated carbocycles. The van der Waals surface area contributed by atoms with Gasteiger partial charge in [-0.15, -0.1) is 0 Å². The molecule has 22 heavy (non-hydrogen) atoms. The van der Waals surface area contributed by atoms with Crippen LogP contribution < -0.4 is 10.9 Å². The molecule has 3 aromatic rings. The van der Waals surface area contributed by atoms with Crippen LogP contribution in [0.15, 0.2) is 51.9 Å². The Hall–Kier alpha value is -1.85. The molecule has 0 aliphatic rings. The van der Waals surface area contributed by atoms with Crippen LogP contribution in [0.25, 0.3) is 5.65 Å². The molecule has 0 spiro atoms. The molecule has 1 N–H and O–H groups in total. The third-order valence-corrected chi connectivity index (χ3v) is 4.14. The molecule has 6 heteroatoms. The second kappa shape index (κ2) is 6.10. The van der Waals surface area contributed by atoms with Gasteiger partial charge in [0.15, 0.2) is 0 Å². The Bertz CT molecular complexity index is 908. The van der Waals surface area contributed by atoms with Crippen molar-refractivity contribution >= 4 is 38.9 Å². The van der Waals surface area contributed by atoms with Gasteiger partial charge in [0, 0.05) is 22.4 Å². The lowest BCUT2D eigenvalue weighted by Crippen LogP contribution is -2.16. The van der Waals surface area contributed by atoms with E-state index in [4.69, 9.17) is 11.6 Å². The minimum absolute atomic E-state index is 0.146. The van der Waals surface area contributed by atoms with Crippen LogP contribution in [0, 0.1) is 6.92 Å².